The van der Waals surface area contributed by atoms with E-state index in [1.807, 2.05) is 31.4 Å². The van der Waals surface area contributed by atoms with Gasteiger partial charge in [0.15, 0.2) is 0 Å². The second-order valence-corrected chi connectivity index (χ2v) is 4.16. The number of carboxylic acid groups (broad SMARTS) is 1. The van der Waals surface area contributed by atoms with E-state index >= 15 is 0 Å². The molecule has 2 heterocycles. The summed E-state index contributed by atoms with van der Waals surface area (Å²) < 4.78 is 1.86. The molecule has 0 atom stereocenters. The van der Waals surface area contributed by atoms with Gasteiger partial charge in [-0.25, -0.2) is 9.78 Å². The van der Waals surface area contributed by atoms with Gasteiger partial charge >= 0.3 is 5.97 Å². The van der Waals surface area contributed by atoms with Gasteiger partial charge in [0.1, 0.15) is 5.82 Å². The van der Waals surface area contributed by atoms with Crippen molar-refractivity contribution in [3.05, 3.63) is 35.4 Å². The van der Waals surface area contributed by atoms with Crippen LogP contribution in [0.3, 0.4) is 0 Å². The summed E-state index contributed by atoms with van der Waals surface area (Å²) in [5, 5.41) is 9.11. The second-order valence-electron chi connectivity index (χ2n) is 4.16. The zero-order valence-electron chi connectivity index (χ0n) is 9.56. The van der Waals surface area contributed by atoms with Gasteiger partial charge in [-0.2, -0.15) is 0 Å². The maximum Gasteiger partial charge on any atom is 0.337 e. The lowest BCUT2D eigenvalue weighted by atomic mass is 10.2. The van der Waals surface area contributed by atoms with E-state index in [9.17, 15) is 4.79 Å². The maximum absolute atomic E-state index is 11.1. The predicted molar refractivity (Wildman–Crippen MR) is 61.0 cm³/mol. The number of aromatic nitrogens is 2. The van der Waals surface area contributed by atoms with Crippen LogP contribution in [0.4, 0.5) is 0 Å². The molecule has 2 aromatic rings. The normalized spacial score (nSPS) is 11.2. The van der Waals surface area contributed by atoms with Crippen LogP contribution >= 0.6 is 0 Å². The van der Waals surface area contributed by atoms with Crippen molar-refractivity contribution in [2.45, 2.75) is 26.7 Å². The minimum absolute atomic E-state index is 0.269. The maximum atomic E-state index is 11.1. The van der Waals surface area contributed by atoms with E-state index in [-0.39, 0.29) is 5.92 Å². The molecule has 2 aromatic heterocycles. The Balaban J connectivity index is 2.84. The largest absolute Gasteiger partial charge is 0.478 e. The number of imidazole rings is 1. The number of rotatable bonds is 2. The molecule has 0 fully saturated rings. The van der Waals surface area contributed by atoms with Crippen molar-refractivity contribution < 1.29 is 9.90 Å². The van der Waals surface area contributed by atoms with Gasteiger partial charge in [0.05, 0.1) is 16.8 Å². The molecule has 0 aliphatic rings. The number of fused-ring (bicyclic) bond motifs is 1. The first-order valence-electron chi connectivity index (χ1n) is 5.23. The molecule has 0 aromatic carbocycles. The minimum atomic E-state index is -0.913. The van der Waals surface area contributed by atoms with Crippen molar-refractivity contribution >= 4 is 11.5 Å². The van der Waals surface area contributed by atoms with Crippen molar-refractivity contribution in [1.29, 1.82) is 0 Å². The highest BCUT2D eigenvalue weighted by atomic mass is 16.4. The van der Waals surface area contributed by atoms with Gasteiger partial charge < -0.3 is 9.51 Å². The van der Waals surface area contributed by atoms with Crippen LogP contribution in [0.5, 0.6) is 0 Å². The molecular formula is C12H14N2O2. The number of carboxylic acids is 1. The Kier molecular flexibility index (Phi) is 2.42. The molecule has 1 N–H and O–H groups in total. The number of aryl methyl sites for hydroxylation is 1. The third kappa shape index (κ3) is 1.46. The molecular weight excluding hydrogens is 204 g/mol. The average Bonchev–Trinajstić information content (AvgIpc) is 2.56. The number of carbonyl (C=O) groups is 1. The summed E-state index contributed by atoms with van der Waals surface area (Å²) in [6.45, 7) is 5.93. The summed E-state index contributed by atoms with van der Waals surface area (Å²) in [5.74, 6) is 0.254. The van der Waals surface area contributed by atoms with Crippen LogP contribution in [0.25, 0.3) is 5.52 Å². The summed E-state index contributed by atoms with van der Waals surface area (Å²) in [6.07, 6.45) is 1.86. The third-order valence-electron chi connectivity index (χ3n) is 2.61. The Morgan fingerprint density at radius 2 is 2.19 bits per heavy atom. The van der Waals surface area contributed by atoms with Crippen LogP contribution < -0.4 is 0 Å². The third-order valence-corrected chi connectivity index (χ3v) is 2.61. The number of hydrogen-bond acceptors (Lipinski definition) is 2. The highest BCUT2D eigenvalue weighted by Crippen LogP contribution is 2.21. The lowest BCUT2D eigenvalue weighted by Gasteiger charge is -2.05. The van der Waals surface area contributed by atoms with Crippen molar-refractivity contribution in [2.75, 3.05) is 0 Å². The first-order valence-corrected chi connectivity index (χ1v) is 5.23. The zero-order valence-corrected chi connectivity index (χ0v) is 9.56. The van der Waals surface area contributed by atoms with E-state index in [1.54, 1.807) is 12.1 Å². The summed E-state index contributed by atoms with van der Waals surface area (Å²) >= 11 is 0. The molecule has 0 amide bonds. The molecule has 0 radical (unpaired) electrons. The highest BCUT2D eigenvalue weighted by Gasteiger charge is 2.16. The summed E-state index contributed by atoms with van der Waals surface area (Å²) in [5.41, 5.74) is 1.76. The Morgan fingerprint density at radius 3 is 2.75 bits per heavy atom. The number of hydrogen-bond donors (Lipinski definition) is 1. The molecule has 0 bridgehead atoms. The second kappa shape index (κ2) is 3.63. The average molecular weight is 218 g/mol. The van der Waals surface area contributed by atoms with E-state index in [0.717, 1.165) is 11.5 Å². The van der Waals surface area contributed by atoms with Crippen LogP contribution in [0, 0.1) is 6.92 Å². The quantitative estimate of drug-likeness (QED) is 0.842. The standard InChI is InChI=1S/C12H14N2O2/c1-7(2)11-13-8(3)10-9(12(15)16)5-4-6-14(10)11/h4-7H,1-3H3,(H,15,16). The molecule has 2 rings (SSSR count). The van der Waals surface area contributed by atoms with E-state index in [0.29, 0.717) is 11.1 Å². The fourth-order valence-corrected chi connectivity index (χ4v) is 1.93. The monoisotopic (exact) mass is 218 g/mol. The lowest BCUT2D eigenvalue weighted by molar-refractivity contribution is 0.0698. The molecule has 0 unspecified atom stereocenters. The predicted octanol–water partition coefficient (Wildman–Crippen LogP) is 2.46. The number of nitrogens with zero attached hydrogens (tertiary/aromatic N) is 2. The van der Waals surface area contributed by atoms with Crippen LogP contribution in [-0.4, -0.2) is 20.5 Å². The van der Waals surface area contributed by atoms with Crippen molar-refractivity contribution in [1.82, 2.24) is 9.38 Å². The van der Waals surface area contributed by atoms with Gasteiger partial charge in [0.2, 0.25) is 0 Å². The molecule has 0 aliphatic carbocycles. The van der Waals surface area contributed by atoms with Gasteiger partial charge in [-0.05, 0) is 19.1 Å². The first-order chi connectivity index (χ1) is 7.52. The molecule has 0 saturated carbocycles. The van der Waals surface area contributed by atoms with Gasteiger partial charge in [0.25, 0.3) is 0 Å². The fourth-order valence-electron chi connectivity index (χ4n) is 1.93. The lowest BCUT2D eigenvalue weighted by Crippen LogP contribution is -2.02. The Bertz CT molecular complexity index is 555. The van der Waals surface area contributed by atoms with Crippen LogP contribution in [0.1, 0.15) is 41.6 Å². The molecule has 4 nitrogen and oxygen atoms in total. The number of pyridine rings is 1. The van der Waals surface area contributed by atoms with Crippen LogP contribution in [0.15, 0.2) is 18.3 Å². The fraction of sp³-hybridized carbons (Fsp3) is 0.333. The first kappa shape index (κ1) is 10.7. The number of aromatic carboxylic acids is 1. The Labute approximate surface area is 93.5 Å². The van der Waals surface area contributed by atoms with Crippen molar-refractivity contribution in [2.24, 2.45) is 0 Å². The van der Waals surface area contributed by atoms with Gasteiger partial charge in [-0.3, -0.25) is 0 Å². The van der Waals surface area contributed by atoms with E-state index in [4.69, 9.17) is 5.11 Å². The summed E-state index contributed by atoms with van der Waals surface area (Å²) in [7, 11) is 0. The molecule has 84 valence electrons. The van der Waals surface area contributed by atoms with E-state index < -0.39 is 5.97 Å². The molecule has 0 aliphatic heterocycles. The zero-order chi connectivity index (χ0) is 11.9. The Hall–Kier alpha value is -1.84. The van der Waals surface area contributed by atoms with Crippen LogP contribution in [0.2, 0.25) is 0 Å². The molecule has 4 heteroatoms. The van der Waals surface area contributed by atoms with Gasteiger partial charge in [0, 0.05) is 12.1 Å². The Morgan fingerprint density at radius 1 is 1.50 bits per heavy atom. The summed E-state index contributed by atoms with van der Waals surface area (Å²) in [4.78, 5) is 15.5. The summed E-state index contributed by atoms with van der Waals surface area (Å²) in [6, 6.07) is 3.35. The van der Waals surface area contributed by atoms with Crippen LogP contribution in [-0.2, 0) is 0 Å². The van der Waals surface area contributed by atoms with Crippen molar-refractivity contribution in [3.63, 3.8) is 0 Å². The van der Waals surface area contributed by atoms with Crippen molar-refractivity contribution in [3.8, 4) is 0 Å². The smallest absolute Gasteiger partial charge is 0.337 e. The topological polar surface area (TPSA) is 54.6 Å². The van der Waals surface area contributed by atoms with Gasteiger partial charge in [-0.1, -0.05) is 13.8 Å². The molecule has 0 spiro atoms. The van der Waals surface area contributed by atoms with E-state index in [1.165, 1.54) is 0 Å². The molecule has 0 saturated heterocycles. The van der Waals surface area contributed by atoms with Gasteiger partial charge in [-0.15, -0.1) is 0 Å². The highest BCUT2D eigenvalue weighted by molar-refractivity contribution is 5.96. The molecule has 16 heavy (non-hydrogen) atoms. The SMILES string of the molecule is Cc1nc(C(C)C)n2cccc(C(=O)O)c12. The van der Waals surface area contributed by atoms with E-state index in [2.05, 4.69) is 4.98 Å². The minimum Gasteiger partial charge on any atom is -0.478 e.